The molecule has 2 aromatic rings. The summed E-state index contributed by atoms with van der Waals surface area (Å²) in [7, 11) is 0. The minimum atomic E-state index is -0.458. The van der Waals surface area contributed by atoms with E-state index < -0.39 is 4.92 Å². The highest BCUT2D eigenvalue weighted by molar-refractivity contribution is 5.95. The molecule has 0 spiro atoms. The van der Waals surface area contributed by atoms with Gasteiger partial charge in [-0.15, -0.1) is 0 Å². The Labute approximate surface area is 163 Å². The zero-order valence-electron chi connectivity index (χ0n) is 15.8. The van der Waals surface area contributed by atoms with Gasteiger partial charge in [0.1, 0.15) is 5.69 Å². The molecule has 1 aliphatic heterocycles. The number of anilines is 1. The van der Waals surface area contributed by atoms with E-state index in [4.69, 9.17) is 0 Å². The van der Waals surface area contributed by atoms with Crippen molar-refractivity contribution in [1.82, 2.24) is 5.32 Å². The molecule has 0 unspecified atom stereocenters. The summed E-state index contributed by atoms with van der Waals surface area (Å²) >= 11 is 0. The second-order valence-electron chi connectivity index (χ2n) is 6.98. The van der Waals surface area contributed by atoms with E-state index in [0.29, 0.717) is 43.7 Å². The molecule has 7 nitrogen and oxygen atoms in total. The Morgan fingerprint density at radius 3 is 2.43 bits per heavy atom. The second-order valence-corrected chi connectivity index (χ2v) is 6.98. The average molecular weight is 381 g/mol. The van der Waals surface area contributed by atoms with Crippen LogP contribution in [0, 0.1) is 16.0 Å². The van der Waals surface area contributed by atoms with Crippen molar-refractivity contribution in [2.75, 3.05) is 18.0 Å². The summed E-state index contributed by atoms with van der Waals surface area (Å²) in [5.41, 5.74) is 1.80. The fourth-order valence-electron chi connectivity index (χ4n) is 3.47. The fourth-order valence-corrected chi connectivity index (χ4v) is 3.47. The van der Waals surface area contributed by atoms with Crippen LogP contribution < -0.4 is 10.2 Å². The third-order valence-corrected chi connectivity index (χ3v) is 5.09. The van der Waals surface area contributed by atoms with Gasteiger partial charge < -0.3 is 10.2 Å². The van der Waals surface area contributed by atoms with Crippen molar-refractivity contribution in [3.05, 3.63) is 69.8 Å². The largest absolute Gasteiger partial charge is 0.366 e. The molecule has 2 aromatic carbocycles. The summed E-state index contributed by atoms with van der Waals surface area (Å²) in [5.74, 6) is -0.288. The Hall–Kier alpha value is -3.22. The number of hydrogen-bond donors (Lipinski definition) is 1. The van der Waals surface area contributed by atoms with Gasteiger partial charge in [-0.3, -0.25) is 19.7 Å². The average Bonchev–Trinajstić information content (AvgIpc) is 2.72. The van der Waals surface area contributed by atoms with Gasteiger partial charge in [-0.05, 0) is 37.5 Å². The number of benzene rings is 2. The molecular weight excluding hydrogens is 358 g/mol. The monoisotopic (exact) mass is 381 g/mol. The molecular formula is C21H23N3O4. The number of carbonyl (C=O) groups excluding carboxylic acids is 2. The van der Waals surface area contributed by atoms with Gasteiger partial charge >= 0.3 is 0 Å². The summed E-state index contributed by atoms with van der Waals surface area (Å²) in [6.45, 7) is 3.00. The van der Waals surface area contributed by atoms with Crippen LogP contribution in [0.2, 0.25) is 0 Å². The van der Waals surface area contributed by atoms with Crippen LogP contribution in [0.3, 0.4) is 0 Å². The highest BCUT2D eigenvalue weighted by Gasteiger charge is 2.28. The van der Waals surface area contributed by atoms with E-state index in [2.05, 4.69) is 5.32 Å². The number of carbonyl (C=O) groups is 2. The number of amides is 1. The topological polar surface area (TPSA) is 92.6 Å². The minimum Gasteiger partial charge on any atom is -0.366 e. The smallest absolute Gasteiger partial charge is 0.293 e. The number of ketones is 1. The van der Waals surface area contributed by atoms with E-state index in [-0.39, 0.29) is 23.3 Å². The predicted octanol–water partition coefficient (Wildman–Crippen LogP) is 3.33. The van der Waals surface area contributed by atoms with E-state index in [9.17, 15) is 19.7 Å². The normalized spacial score (nSPS) is 14.5. The summed E-state index contributed by atoms with van der Waals surface area (Å²) in [5, 5.41) is 14.4. The number of Topliss-reactive ketones (excluding diaryl/α,β-unsaturated/α-hetero) is 1. The van der Waals surface area contributed by atoms with Gasteiger partial charge in [0.15, 0.2) is 5.78 Å². The van der Waals surface area contributed by atoms with Gasteiger partial charge in [-0.2, -0.15) is 0 Å². The summed E-state index contributed by atoms with van der Waals surface area (Å²) in [4.78, 5) is 36.8. The lowest BCUT2D eigenvalue weighted by Crippen LogP contribution is -2.40. The molecule has 0 radical (unpaired) electrons. The standard InChI is InChI=1S/C21H23N3O4/c1-15(25)18-7-8-19(20(13-18)24(27)28)23-11-9-17(10-12-23)21(26)22-14-16-5-3-2-4-6-16/h2-8,13,17H,9-12,14H2,1H3,(H,22,26). The quantitative estimate of drug-likeness (QED) is 0.471. The summed E-state index contributed by atoms with van der Waals surface area (Å²) < 4.78 is 0. The molecule has 1 aliphatic rings. The molecule has 1 heterocycles. The van der Waals surface area contributed by atoms with Crippen LogP contribution in [-0.2, 0) is 11.3 Å². The van der Waals surface area contributed by atoms with E-state index >= 15 is 0 Å². The van der Waals surface area contributed by atoms with Crippen molar-refractivity contribution in [3.63, 3.8) is 0 Å². The molecule has 0 aliphatic carbocycles. The Morgan fingerprint density at radius 1 is 1.14 bits per heavy atom. The minimum absolute atomic E-state index is 0.0185. The maximum Gasteiger partial charge on any atom is 0.293 e. The molecule has 28 heavy (non-hydrogen) atoms. The molecule has 0 bridgehead atoms. The number of nitro groups is 1. The van der Waals surface area contributed by atoms with Crippen molar-refractivity contribution < 1.29 is 14.5 Å². The lowest BCUT2D eigenvalue weighted by molar-refractivity contribution is -0.384. The van der Waals surface area contributed by atoms with Gasteiger partial charge in [-0.1, -0.05) is 30.3 Å². The Morgan fingerprint density at radius 2 is 1.82 bits per heavy atom. The van der Waals surface area contributed by atoms with Crippen molar-refractivity contribution in [1.29, 1.82) is 0 Å². The number of nitrogens with zero attached hydrogens (tertiary/aromatic N) is 2. The lowest BCUT2D eigenvalue weighted by Gasteiger charge is -2.32. The molecule has 0 atom stereocenters. The highest BCUT2D eigenvalue weighted by Crippen LogP contribution is 2.32. The maximum atomic E-state index is 12.4. The number of rotatable bonds is 6. The lowest BCUT2D eigenvalue weighted by atomic mass is 9.95. The van der Waals surface area contributed by atoms with Crippen molar-refractivity contribution >= 4 is 23.1 Å². The van der Waals surface area contributed by atoms with Crippen LogP contribution in [0.4, 0.5) is 11.4 Å². The summed E-state index contributed by atoms with van der Waals surface area (Å²) in [6.07, 6.45) is 1.26. The van der Waals surface area contributed by atoms with E-state index in [0.717, 1.165) is 5.56 Å². The zero-order chi connectivity index (χ0) is 20.1. The molecule has 1 fully saturated rings. The Kier molecular flexibility index (Phi) is 6.03. The molecule has 3 rings (SSSR count). The molecule has 0 saturated carbocycles. The third-order valence-electron chi connectivity index (χ3n) is 5.09. The SMILES string of the molecule is CC(=O)c1ccc(N2CCC(C(=O)NCc3ccccc3)CC2)c([N+](=O)[O-])c1. The second kappa shape index (κ2) is 8.65. The van der Waals surface area contributed by atoms with Crippen LogP contribution >= 0.6 is 0 Å². The van der Waals surface area contributed by atoms with Gasteiger partial charge in [-0.25, -0.2) is 0 Å². The number of hydrogen-bond acceptors (Lipinski definition) is 5. The van der Waals surface area contributed by atoms with Gasteiger partial charge in [0, 0.05) is 37.2 Å². The first-order valence-corrected chi connectivity index (χ1v) is 9.31. The first-order chi connectivity index (χ1) is 13.5. The van der Waals surface area contributed by atoms with E-state index in [1.807, 2.05) is 35.2 Å². The van der Waals surface area contributed by atoms with E-state index in [1.165, 1.54) is 13.0 Å². The van der Waals surface area contributed by atoms with Crippen LogP contribution in [0.1, 0.15) is 35.7 Å². The molecule has 146 valence electrons. The Balaban J connectivity index is 1.61. The zero-order valence-corrected chi connectivity index (χ0v) is 15.8. The van der Waals surface area contributed by atoms with Crippen LogP contribution in [-0.4, -0.2) is 29.7 Å². The highest BCUT2D eigenvalue weighted by atomic mass is 16.6. The van der Waals surface area contributed by atoms with Crippen molar-refractivity contribution in [3.8, 4) is 0 Å². The summed E-state index contributed by atoms with van der Waals surface area (Å²) in [6, 6.07) is 14.3. The van der Waals surface area contributed by atoms with Crippen LogP contribution in [0.5, 0.6) is 0 Å². The van der Waals surface area contributed by atoms with Crippen LogP contribution in [0.25, 0.3) is 0 Å². The van der Waals surface area contributed by atoms with Gasteiger partial charge in [0.05, 0.1) is 4.92 Å². The Bertz CT molecular complexity index is 874. The number of nitro benzene ring substituents is 1. The molecule has 1 amide bonds. The maximum absolute atomic E-state index is 12.4. The van der Waals surface area contributed by atoms with Crippen LogP contribution in [0.15, 0.2) is 48.5 Å². The first-order valence-electron chi connectivity index (χ1n) is 9.31. The number of piperidine rings is 1. The first kappa shape index (κ1) is 19.5. The van der Waals surface area contributed by atoms with Gasteiger partial charge in [0.25, 0.3) is 5.69 Å². The molecule has 7 heteroatoms. The van der Waals surface area contributed by atoms with Crippen molar-refractivity contribution in [2.45, 2.75) is 26.3 Å². The molecule has 1 saturated heterocycles. The molecule has 0 aromatic heterocycles. The predicted molar refractivity (Wildman–Crippen MR) is 106 cm³/mol. The number of nitrogens with one attached hydrogen (secondary N) is 1. The third kappa shape index (κ3) is 4.54. The van der Waals surface area contributed by atoms with Gasteiger partial charge in [0.2, 0.25) is 5.91 Å². The van der Waals surface area contributed by atoms with E-state index in [1.54, 1.807) is 12.1 Å². The van der Waals surface area contributed by atoms with Crippen molar-refractivity contribution in [2.24, 2.45) is 5.92 Å². The fraction of sp³-hybridized carbons (Fsp3) is 0.333. The molecule has 1 N–H and O–H groups in total.